The zero-order valence-electron chi connectivity index (χ0n) is 6.93. The van der Waals surface area contributed by atoms with Crippen molar-refractivity contribution >= 4 is 9.84 Å². The molecule has 3 fully saturated rings. The molecule has 2 bridgehead atoms. The van der Waals surface area contributed by atoms with E-state index in [4.69, 9.17) is 4.74 Å². The summed E-state index contributed by atoms with van der Waals surface area (Å²) in [6.07, 6.45) is 1.04. The molecule has 5 atom stereocenters. The van der Waals surface area contributed by atoms with Crippen LogP contribution in [0.4, 0.5) is 0 Å². The maximum atomic E-state index is 11.5. The van der Waals surface area contributed by atoms with Crippen molar-refractivity contribution in [2.75, 3.05) is 5.75 Å². The molecule has 0 N–H and O–H groups in total. The highest BCUT2D eigenvalue weighted by Crippen LogP contribution is 2.51. The summed E-state index contributed by atoms with van der Waals surface area (Å²) < 4.78 is 28.7. The average molecular weight is 188 g/mol. The number of hydrogen-bond acceptors (Lipinski definition) is 3. The van der Waals surface area contributed by atoms with Gasteiger partial charge in [0.25, 0.3) is 0 Å². The molecule has 3 rings (SSSR count). The second-order valence-corrected chi connectivity index (χ2v) is 6.53. The molecule has 3 heterocycles. The normalized spacial score (nSPS) is 59.6. The quantitative estimate of drug-likeness (QED) is 0.545. The first kappa shape index (κ1) is 7.33. The summed E-state index contributed by atoms with van der Waals surface area (Å²) in [4.78, 5) is 0. The lowest BCUT2D eigenvalue weighted by atomic mass is 9.82. The molecule has 0 spiro atoms. The van der Waals surface area contributed by atoms with E-state index in [2.05, 4.69) is 6.92 Å². The monoisotopic (exact) mass is 188 g/mol. The Balaban J connectivity index is 2.11. The molecule has 5 unspecified atom stereocenters. The highest BCUT2D eigenvalue weighted by Gasteiger charge is 2.62. The van der Waals surface area contributed by atoms with Crippen molar-refractivity contribution in [1.82, 2.24) is 0 Å². The van der Waals surface area contributed by atoms with Gasteiger partial charge in [0.2, 0.25) is 0 Å². The van der Waals surface area contributed by atoms with Gasteiger partial charge >= 0.3 is 0 Å². The van der Waals surface area contributed by atoms with E-state index in [-0.39, 0.29) is 17.5 Å². The van der Waals surface area contributed by atoms with Crippen LogP contribution in [-0.4, -0.2) is 31.6 Å². The Kier molecular flexibility index (Phi) is 1.14. The Bertz CT molecular complexity index is 321. The fraction of sp³-hybridized carbons (Fsp3) is 1.00. The summed E-state index contributed by atoms with van der Waals surface area (Å²) in [5.41, 5.74) is 0. The highest BCUT2D eigenvalue weighted by molar-refractivity contribution is 7.92. The Labute approximate surface area is 72.0 Å². The second-order valence-electron chi connectivity index (χ2n) is 4.27. The van der Waals surface area contributed by atoms with Gasteiger partial charge in [0.1, 0.15) is 0 Å². The van der Waals surface area contributed by atoms with Crippen LogP contribution in [0.3, 0.4) is 0 Å². The van der Waals surface area contributed by atoms with Gasteiger partial charge in [-0.25, -0.2) is 8.42 Å². The standard InChI is InChI=1S/C8H12O3S/c1-4-5-3-12(9,10)7-2-6(4)11-8(5)7/h4-8H,2-3H2,1H3. The average Bonchev–Trinajstić information content (AvgIpc) is 2.54. The third kappa shape index (κ3) is 0.646. The fourth-order valence-corrected chi connectivity index (χ4v) is 5.42. The first-order valence-corrected chi connectivity index (χ1v) is 6.18. The minimum atomic E-state index is -2.79. The van der Waals surface area contributed by atoms with E-state index in [1.165, 1.54) is 0 Å². The van der Waals surface area contributed by atoms with Crippen LogP contribution >= 0.6 is 0 Å². The van der Waals surface area contributed by atoms with Gasteiger partial charge in [0.05, 0.1) is 23.2 Å². The van der Waals surface area contributed by atoms with Gasteiger partial charge in [-0.2, -0.15) is 0 Å². The van der Waals surface area contributed by atoms with Gasteiger partial charge in [-0.3, -0.25) is 0 Å². The summed E-state index contributed by atoms with van der Waals surface area (Å²) in [5, 5.41) is -0.149. The van der Waals surface area contributed by atoms with Crippen molar-refractivity contribution in [1.29, 1.82) is 0 Å². The molecule has 3 nitrogen and oxygen atoms in total. The van der Waals surface area contributed by atoms with Crippen molar-refractivity contribution < 1.29 is 13.2 Å². The van der Waals surface area contributed by atoms with Gasteiger partial charge in [0, 0.05) is 5.92 Å². The minimum Gasteiger partial charge on any atom is -0.373 e. The fourth-order valence-electron chi connectivity index (χ4n) is 2.99. The number of sulfone groups is 1. The van der Waals surface area contributed by atoms with Crippen LogP contribution in [0.5, 0.6) is 0 Å². The lowest BCUT2D eigenvalue weighted by molar-refractivity contribution is 0.0923. The van der Waals surface area contributed by atoms with E-state index in [0.29, 0.717) is 17.6 Å². The summed E-state index contributed by atoms with van der Waals surface area (Å²) in [6.45, 7) is 2.12. The Morgan fingerprint density at radius 3 is 2.75 bits per heavy atom. The van der Waals surface area contributed by atoms with Gasteiger partial charge in [-0.1, -0.05) is 6.92 Å². The zero-order valence-corrected chi connectivity index (χ0v) is 7.75. The molecule has 3 aliphatic rings. The van der Waals surface area contributed by atoms with E-state index in [9.17, 15) is 8.42 Å². The van der Waals surface area contributed by atoms with Crippen molar-refractivity contribution in [2.45, 2.75) is 30.8 Å². The van der Waals surface area contributed by atoms with Crippen LogP contribution in [0.1, 0.15) is 13.3 Å². The molecule has 68 valence electrons. The van der Waals surface area contributed by atoms with Crippen LogP contribution in [0.25, 0.3) is 0 Å². The third-order valence-corrected chi connectivity index (χ3v) is 5.97. The van der Waals surface area contributed by atoms with Crippen LogP contribution < -0.4 is 0 Å². The molecule has 0 aromatic rings. The van der Waals surface area contributed by atoms with E-state index in [1.807, 2.05) is 0 Å². The van der Waals surface area contributed by atoms with Crippen LogP contribution in [0.2, 0.25) is 0 Å². The molecular weight excluding hydrogens is 176 g/mol. The molecule has 0 aromatic heterocycles. The predicted octanol–water partition coefficient (Wildman–Crippen LogP) is 0.207. The van der Waals surface area contributed by atoms with Crippen molar-refractivity contribution in [3.8, 4) is 0 Å². The zero-order chi connectivity index (χ0) is 8.51. The molecule has 4 heteroatoms. The SMILES string of the molecule is CC1C2CC3C(O2)C1CS3(=O)=O. The minimum absolute atomic E-state index is 0.0509. The summed E-state index contributed by atoms with van der Waals surface area (Å²) in [6, 6.07) is 0. The third-order valence-electron chi connectivity index (χ3n) is 3.73. The van der Waals surface area contributed by atoms with Crippen molar-refractivity contribution in [2.24, 2.45) is 11.8 Å². The maximum Gasteiger partial charge on any atom is 0.156 e. The van der Waals surface area contributed by atoms with Gasteiger partial charge in [-0.15, -0.1) is 0 Å². The van der Waals surface area contributed by atoms with Crippen LogP contribution in [-0.2, 0) is 14.6 Å². The Morgan fingerprint density at radius 1 is 1.42 bits per heavy atom. The molecule has 0 aromatic carbocycles. The smallest absolute Gasteiger partial charge is 0.156 e. The van der Waals surface area contributed by atoms with E-state index < -0.39 is 9.84 Å². The summed E-state index contributed by atoms with van der Waals surface area (Å²) in [7, 11) is -2.79. The first-order chi connectivity index (χ1) is 5.59. The topological polar surface area (TPSA) is 43.4 Å². The van der Waals surface area contributed by atoms with Crippen LogP contribution in [0, 0.1) is 11.8 Å². The number of ether oxygens (including phenoxy) is 1. The molecule has 0 aliphatic carbocycles. The van der Waals surface area contributed by atoms with E-state index in [1.54, 1.807) is 0 Å². The summed E-state index contributed by atoms with van der Waals surface area (Å²) in [5.74, 6) is 1.14. The first-order valence-electron chi connectivity index (χ1n) is 4.46. The molecule has 0 amide bonds. The number of rotatable bonds is 0. The molecule has 3 aliphatic heterocycles. The largest absolute Gasteiger partial charge is 0.373 e. The van der Waals surface area contributed by atoms with E-state index in [0.717, 1.165) is 6.42 Å². The van der Waals surface area contributed by atoms with Gasteiger partial charge in [0.15, 0.2) is 9.84 Å². The summed E-state index contributed by atoms with van der Waals surface area (Å²) >= 11 is 0. The van der Waals surface area contributed by atoms with E-state index >= 15 is 0 Å². The predicted molar refractivity (Wildman–Crippen MR) is 43.5 cm³/mol. The second kappa shape index (κ2) is 1.87. The molecule has 0 saturated carbocycles. The molecule has 12 heavy (non-hydrogen) atoms. The Morgan fingerprint density at radius 2 is 2.17 bits per heavy atom. The van der Waals surface area contributed by atoms with Gasteiger partial charge in [-0.05, 0) is 12.3 Å². The Hall–Kier alpha value is -0.0900. The van der Waals surface area contributed by atoms with Crippen LogP contribution in [0.15, 0.2) is 0 Å². The lowest BCUT2D eigenvalue weighted by Crippen LogP contribution is -2.29. The molecule has 3 saturated heterocycles. The molecule has 0 radical (unpaired) electrons. The maximum absolute atomic E-state index is 11.5. The lowest BCUT2D eigenvalue weighted by Gasteiger charge is -2.18. The van der Waals surface area contributed by atoms with Crippen molar-refractivity contribution in [3.63, 3.8) is 0 Å². The van der Waals surface area contributed by atoms with Gasteiger partial charge < -0.3 is 4.74 Å². The number of fused-ring (bicyclic) bond motifs is 1. The highest BCUT2D eigenvalue weighted by atomic mass is 32.2. The molecular formula is C8H12O3S. The number of hydrogen-bond donors (Lipinski definition) is 0. The van der Waals surface area contributed by atoms with Crippen molar-refractivity contribution in [3.05, 3.63) is 0 Å².